The summed E-state index contributed by atoms with van der Waals surface area (Å²) in [5.41, 5.74) is 2.63. The highest BCUT2D eigenvalue weighted by Crippen LogP contribution is 2.07. The van der Waals surface area contributed by atoms with Crippen molar-refractivity contribution in [2.45, 2.75) is 19.4 Å². The fourth-order valence-electron chi connectivity index (χ4n) is 1.86. The predicted octanol–water partition coefficient (Wildman–Crippen LogP) is 3.10. The molecule has 0 saturated heterocycles. The Labute approximate surface area is 113 Å². The van der Waals surface area contributed by atoms with E-state index >= 15 is 0 Å². The van der Waals surface area contributed by atoms with Gasteiger partial charge in [-0.2, -0.15) is 5.26 Å². The van der Waals surface area contributed by atoms with Crippen molar-refractivity contribution in [3.8, 4) is 6.07 Å². The molecule has 1 aromatic heterocycles. The van der Waals surface area contributed by atoms with E-state index in [1.54, 1.807) is 6.20 Å². The zero-order chi connectivity index (χ0) is 13.3. The lowest BCUT2D eigenvalue weighted by molar-refractivity contribution is 0.118. The van der Waals surface area contributed by atoms with E-state index in [1.807, 2.05) is 30.3 Å². The van der Waals surface area contributed by atoms with Crippen LogP contribution in [-0.2, 0) is 17.8 Å². The van der Waals surface area contributed by atoms with Gasteiger partial charge >= 0.3 is 0 Å². The Kier molecular flexibility index (Phi) is 5.09. The summed E-state index contributed by atoms with van der Waals surface area (Å²) >= 11 is 0. The molecule has 0 aliphatic carbocycles. The standard InChI is InChI=1S/C16H16N2O/c17-12-16-15(9-4-10-18-16)13-19-11-5-8-14-6-2-1-3-7-14/h1-4,6-7,9-10H,5,8,11,13H2. The van der Waals surface area contributed by atoms with Gasteiger partial charge in [0.25, 0.3) is 0 Å². The second-order valence-electron chi connectivity index (χ2n) is 4.26. The number of rotatable bonds is 6. The minimum atomic E-state index is 0.450. The maximum Gasteiger partial charge on any atom is 0.145 e. The molecule has 0 bridgehead atoms. The van der Waals surface area contributed by atoms with E-state index in [0.717, 1.165) is 18.4 Å². The molecule has 2 rings (SSSR count). The highest BCUT2D eigenvalue weighted by Gasteiger charge is 2.01. The molecule has 1 heterocycles. The van der Waals surface area contributed by atoms with Crippen molar-refractivity contribution in [2.75, 3.05) is 6.61 Å². The summed E-state index contributed by atoms with van der Waals surface area (Å²) in [6, 6.07) is 16.1. The van der Waals surface area contributed by atoms with Crippen LogP contribution in [0.4, 0.5) is 0 Å². The van der Waals surface area contributed by atoms with Gasteiger partial charge in [-0.05, 0) is 24.5 Å². The monoisotopic (exact) mass is 252 g/mol. The van der Waals surface area contributed by atoms with Crippen LogP contribution in [0.5, 0.6) is 0 Å². The van der Waals surface area contributed by atoms with Gasteiger partial charge in [0, 0.05) is 18.4 Å². The third kappa shape index (κ3) is 4.20. The van der Waals surface area contributed by atoms with Gasteiger partial charge in [-0.25, -0.2) is 4.98 Å². The topological polar surface area (TPSA) is 45.9 Å². The van der Waals surface area contributed by atoms with Gasteiger partial charge in [-0.15, -0.1) is 0 Å². The Hall–Kier alpha value is -2.18. The fourth-order valence-corrected chi connectivity index (χ4v) is 1.86. The molecular formula is C16H16N2O. The number of nitriles is 1. The van der Waals surface area contributed by atoms with Crippen LogP contribution >= 0.6 is 0 Å². The second-order valence-corrected chi connectivity index (χ2v) is 4.26. The van der Waals surface area contributed by atoms with E-state index in [2.05, 4.69) is 23.2 Å². The summed E-state index contributed by atoms with van der Waals surface area (Å²) in [5.74, 6) is 0. The molecule has 0 fully saturated rings. The van der Waals surface area contributed by atoms with Gasteiger partial charge in [0.05, 0.1) is 6.61 Å². The molecule has 19 heavy (non-hydrogen) atoms. The van der Waals surface area contributed by atoms with Gasteiger partial charge < -0.3 is 4.74 Å². The number of pyridine rings is 1. The Bertz CT molecular complexity index is 546. The maximum absolute atomic E-state index is 8.90. The smallest absolute Gasteiger partial charge is 0.145 e. The average molecular weight is 252 g/mol. The normalized spacial score (nSPS) is 10.1. The van der Waals surface area contributed by atoms with Gasteiger partial charge in [-0.3, -0.25) is 0 Å². The first-order valence-electron chi connectivity index (χ1n) is 6.36. The van der Waals surface area contributed by atoms with E-state index in [9.17, 15) is 0 Å². The van der Waals surface area contributed by atoms with Gasteiger partial charge in [0.2, 0.25) is 0 Å². The number of nitrogens with zero attached hydrogens (tertiary/aromatic N) is 2. The van der Waals surface area contributed by atoms with E-state index < -0.39 is 0 Å². The van der Waals surface area contributed by atoms with Crippen molar-refractivity contribution in [3.63, 3.8) is 0 Å². The summed E-state index contributed by atoms with van der Waals surface area (Å²) in [6.45, 7) is 1.14. The minimum absolute atomic E-state index is 0.450. The molecule has 0 aliphatic heterocycles. The Morgan fingerprint density at radius 3 is 2.74 bits per heavy atom. The molecular weight excluding hydrogens is 236 g/mol. The van der Waals surface area contributed by atoms with Crippen molar-refractivity contribution >= 4 is 0 Å². The van der Waals surface area contributed by atoms with E-state index in [4.69, 9.17) is 10.00 Å². The lowest BCUT2D eigenvalue weighted by atomic mass is 10.1. The third-order valence-corrected chi connectivity index (χ3v) is 2.85. The molecule has 0 saturated carbocycles. The SMILES string of the molecule is N#Cc1ncccc1COCCCc1ccccc1. The molecule has 96 valence electrons. The van der Waals surface area contributed by atoms with Crippen LogP contribution in [-0.4, -0.2) is 11.6 Å². The van der Waals surface area contributed by atoms with Crippen LogP contribution in [0.2, 0.25) is 0 Å². The van der Waals surface area contributed by atoms with Crippen molar-refractivity contribution in [3.05, 3.63) is 65.5 Å². The molecule has 0 N–H and O–H groups in total. The molecule has 3 nitrogen and oxygen atoms in total. The molecule has 0 aliphatic rings. The summed E-state index contributed by atoms with van der Waals surface area (Å²) in [5, 5.41) is 8.90. The van der Waals surface area contributed by atoms with Crippen LogP contribution in [0, 0.1) is 11.3 Å². The Morgan fingerprint density at radius 2 is 1.95 bits per heavy atom. The zero-order valence-electron chi connectivity index (χ0n) is 10.7. The molecule has 1 aromatic carbocycles. The van der Waals surface area contributed by atoms with Crippen LogP contribution in [0.25, 0.3) is 0 Å². The van der Waals surface area contributed by atoms with Crippen molar-refractivity contribution in [1.82, 2.24) is 4.98 Å². The second kappa shape index (κ2) is 7.30. The Morgan fingerprint density at radius 1 is 1.11 bits per heavy atom. The quantitative estimate of drug-likeness (QED) is 0.742. The number of hydrogen-bond acceptors (Lipinski definition) is 3. The van der Waals surface area contributed by atoms with Crippen LogP contribution in [0.1, 0.15) is 23.2 Å². The number of hydrogen-bond donors (Lipinski definition) is 0. The summed E-state index contributed by atoms with van der Waals surface area (Å²) < 4.78 is 5.59. The molecule has 3 heteroatoms. The first kappa shape index (κ1) is 13.3. The molecule has 0 unspecified atom stereocenters. The number of aromatic nitrogens is 1. The predicted molar refractivity (Wildman–Crippen MR) is 73.4 cm³/mol. The van der Waals surface area contributed by atoms with Gasteiger partial charge in [0.1, 0.15) is 11.8 Å². The molecule has 0 spiro atoms. The number of benzene rings is 1. The van der Waals surface area contributed by atoms with E-state index in [-0.39, 0.29) is 0 Å². The third-order valence-electron chi connectivity index (χ3n) is 2.85. The Balaban J connectivity index is 1.71. The number of aryl methyl sites for hydroxylation is 1. The van der Waals surface area contributed by atoms with E-state index in [1.165, 1.54) is 5.56 Å². The highest BCUT2D eigenvalue weighted by molar-refractivity contribution is 5.29. The summed E-state index contributed by atoms with van der Waals surface area (Å²) in [7, 11) is 0. The summed E-state index contributed by atoms with van der Waals surface area (Å²) in [6.07, 6.45) is 3.61. The fraction of sp³-hybridized carbons (Fsp3) is 0.250. The molecule has 2 aromatic rings. The molecule has 0 radical (unpaired) electrons. The van der Waals surface area contributed by atoms with Crippen molar-refractivity contribution in [1.29, 1.82) is 5.26 Å². The van der Waals surface area contributed by atoms with Gasteiger partial charge in [0.15, 0.2) is 0 Å². The van der Waals surface area contributed by atoms with Crippen LogP contribution in [0.15, 0.2) is 48.7 Å². The molecule has 0 atom stereocenters. The number of ether oxygens (including phenoxy) is 1. The lowest BCUT2D eigenvalue weighted by Crippen LogP contribution is -2.00. The van der Waals surface area contributed by atoms with Crippen molar-refractivity contribution < 1.29 is 4.74 Å². The van der Waals surface area contributed by atoms with Crippen LogP contribution < -0.4 is 0 Å². The van der Waals surface area contributed by atoms with Crippen molar-refractivity contribution in [2.24, 2.45) is 0 Å². The summed E-state index contributed by atoms with van der Waals surface area (Å²) in [4.78, 5) is 4.00. The average Bonchev–Trinajstić information content (AvgIpc) is 2.48. The molecule has 0 amide bonds. The highest BCUT2D eigenvalue weighted by atomic mass is 16.5. The maximum atomic E-state index is 8.90. The lowest BCUT2D eigenvalue weighted by Gasteiger charge is -2.05. The zero-order valence-corrected chi connectivity index (χ0v) is 10.7. The van der Waals surface area contributed by atoms with Gasteiger partial charge in [-0.1, -0.05) is 36.4 Å². The minimum Gasteiger partial charge on any atom is -0.377 e. The largest absolute Gasteiger partial charge is 0.377 e. The first-order valence-corrected chi connectivity index (χ1v) is 6.36. The van der Waals surface area contributed by atoms with Crippen LogP contribution in [0.3, 0.4) is 0 Å². The van der Waals surface area contributed by atoms with E-state index in [0.29, 0.717) is 18.9 Å². The first-order chi connectivity index (χ1) is 9.40.